The molecule has 7 nitrogen and oxygen atoms in total. The van der Waals surface area contributed by atoms with Crippen molar-refractivity contribution in [3.8, 4) is 0 Å². The van der Waals surface area contributed by atoms with E-state index in [9.17, 15) is 18.0 Å². The number of carbonyl (C=O) groups is 2. The highest BCUT2D eigenvalue weighted by atomic mass is 35.5. The molecule has 1 unspecified atom stereocenters. The van der Waals surface area contributed by atoms with Crippen LogP contribution in [-0.4, -0.2) is 32.4 Å². The molecule has 1 amide bonds. The molecule has 0 aliphatic heterocycles. The summed E-state index contributed by atoms with van der Waals surface area (Å²) in [7, 11) is -3.84. The zero-order chi connectivity index (χ0) is 21.0. The van der Waals surface area contributed by atoms with E-state index in [0.29, 0.717) is 5.69 Å². The van der Waals surface area contributed by atoms with Crippen molar-refractivity contribution in [3.63, 3.8) is 0 Å². The van der Waals surface area contributed by atoms with Gasteiger partial charge in [0.1, 0.15) is 4.90 Å². The zero-order valence-corrected chi connectivity index (χ0v) is 17.3. The van der Waals surface area contributed by atoms with Crippen molar-refractivity contribution in [2.75, 3.05) is 5.32 Å². The Morgan fingerprint density at radius 2 is 1.86 bits per heavy atom. The maximum Gasteiger partial charge on any atom is 0.338 e. The van der Waals surface area contributed by atoms with E-state index in [4.69, 9.17) is 16.3 Å². The van der Waals surface area contributed by atoms with Crippen LogP contribution in [0.4, 0.5) is 5.69 Å². The summed E-state index contributed by atoms with van der Waals surface area (Å²) in [6.45, 7) is 1.71. The van der Waals surface area contributed by atoms with Gasteiger partial charge >= 0.3 is 5.97 Å². The maximum atomic E-state index is 12.5. The fraction of sp³-hybridized carbons (Fsp3) is 0.300. The van der Waals surface area contributed by atoms with E-state index in [1.807, 2.05) is 6.07 Å². The minimum atomic E-state index is -3.84. The summed E-state index contributed by atoms with van der Waals surface area (Å²) in [5.41, 5.74) is 0.578. The van der Waals surface area contributed by atoms with E-state index < -0.39 is 28.0 Å². The minimum absolute atomic E-state index is 0.00321. The number of hydrogen-bond donors (Lipinski definition) is 2. The van der Waals surface area contributed by atoms with Crippen molar-refractivity contribution in [2.24, 2.45) is 0 Å². The van der Waals surface area contributed by atoms with E-state index in [0.717, 1.165) is 18.9 Å². The van der Waals surface area contributed by atoms with Gasteiger partial charge in [0.05, 0.1) is 10.6 Å². The highest BCUT2D eigenvalue weighted by molar-refractivity contribution is 7.89. The normalized spacial score (nSPS) is 14.8. The van der Waals surface area contributed by atoms with Crippen molar-refractivity contribution in [3.05, 3.63) is 59.1 Å². The highest BCUT2D eigenvalue weighted by Crippen LogP contribution is 2.27. The summed E-state index contributed by atoms with van der Waals surface area (Å²) in [4.78, 5) is 24.7. The first kappa shape index (κ1) is 21.3. The number of anilines is 1. The third-order valence-electron chi connectivity index (χ3n) is 4.31. The molecule has 0 bridgehead atoms. The van der Waals surface area contributed by atoms with Crippen molar-refractivity contribution in [2.45, 2.75) is 43.2 Å². The Kier molecular flexibility index (Phi) is 6.56. The van der Waals surface area contributed by atoms with Crippen LogP contribution in [0.2, 0.25) is 5.02 Å². The second-order valence-electron chi connectivity index (χ2n) is 6.70. The number of esters is 1. The van der Waals surface area contributed by atoms with Crippen molar-refractivity contribution < 1.29 is 22.7 Å². The lowest BCUT2D eigenvalue weighted by molar-refractivity contribution is -0.124. The second-order valence-corrected chi connectivity index (χ2v) is 8.79. The predicted octanol–water partition coefficient (Wildman–Crippen LogP) is 3.35. The van der Waals surface area contributed by atoms with Gasteiger partial charge in [-0.15, -0.1) is 0 Å². The lowest BCUT2D eigenvalue weighted by Gasteiger charge is -2.16. The molecule has 1 aliphatic rings. The molecule has 9 heteroatoms. The fourth-order valence-electron chi connectivity index (χ4n) is 2.58. The summed E-state index contributed by atoms with van der Waals surface area (Å²) in [5, 5.41) is 2.68. The monoisotopic (exact) mass is 436 g/mol. The molecule has 1 fully saturated rings. The van der Waals surface area contributed by atoms with Gasteiger partial charge in [-0.25, -0.2) is 17.9 Å². The molecule has 0 heterocycles. The van der Waals surface area contributed by atoms with Crippen LogP contribution < -0.4 is 10.0 Å². The number of hydrogen-bond acceptors (Lipinski definition) is 5. The number of carbonyl (C=O) groups excluding carboxylic acids is 2. The third-order valence-corrected chi connectivity index (χ3v) is 6.31. The summed E-state index contributed by atoms with van der Waals surface area (Å²) in [6.07, 6.45) is 0.774. The van der Waals surface area contributed by atoms with Crippen LogP contribution in [0.1, 0.15) is 36.5 Å². The molecule has 2 aromatic rings. The van der Waals surface area contributed by atoms with Gasteiger partial charge in [0.15, 0.2) is 6.10 Å². The van der Waals surface area contributed by atoms with Crippen LogP contribution in [0.15, 0.2) is 53.4 Å². The number of rotatable bonds is 8. The van der Waals surface area contributed by atoms with Crippen molar-refractivity contribution in [1.82, 2.24) is 4.72 Å². The molecule has 2 N–H and O–H groups in total. The molecular weight excluding hydrogens is 416 g/mol. The number of sulfonamides is 1. The number of para-hydroxylation sites is 1. The summed E-state index contributed by atoms with van der Waals surface area (Å²) >= 11 is 6.03. The van der Waals surface area contributed by atoms with Crippen LogP contribution in [-0.2, 0) is 19.6 Å². The molecule has 3 rings (SSSR count). The van der Waals surface area contributed by atoms with Gasteiger partial charge in [0.2, 0.25) is 10.0 Å². The van der Waals surface area contributed by atoms with E-state index >= 15 is 0 Å². The molecule has 0 spiro atoms. The van der Waals surface area contributed by atoms with Gasteiger partial charge in [-0.2, -0.15) is 0 Å². The van der Waals surface area contributed by atoms with E-state index in [1.165, 1.54) is 12.1 Å². The Morgan fingerprint density at radius 3 is 2.48 bits per heavy atom. The molecule has 0 radical (unpaired) electrons. The SMILES string of the molecule is CCC(OC(=O)c1ccc(Cl)c(S(=O)(=O)NC2CC2)c1)C(=O)Nc1ccccc1. The molecule has 29 heavy (non-hydrogen) atoms. The van der Waals surface area contributed by atoms with Gasteiger partial charge in [-0.3, -0.25) is 4.79 Å². The van der Waals surface area contributed by atoms with E-state index in [2.05, 4.69) is 10.0 Å². The lowest BCUT2D eigenvalue weighted by Crippen LogP contribution is -2.32. The van der Waals surface area contributed by atoms with Gasteiger partial charge in [0, 0.05) is 11.7 Å². The Bertz CT molecular complexity index is 1010. The van der Waals surface area contributed by atoms with Crippen molar-refractivity contribution in [1.29, 1.82) is 0 Å². The number of halogens is 1. The Morgan fingerprint density at radius 1 is 1.17 bits per heavy atom. The average molecular weight is 437 g/mol. The zero-order valence-electron chi connectivity index (χ0n) is 15.7. The average Bonchev–Trinajstić information content (AvgIpc) is 3.50. The van der Waals surface area contributed by atoms with E-state index in [1.54, 1.807) is 31.2 Å². The first-order valence-corrected chi connectivity index (χ1v) is 11.0. The molecule has 1 atom stereocenters. The standard InChI is InChI=1S/C20H21ClN2O5S/c1-2-17(19(24)22-14-6-4-3-5-7-14)28-20(25)13-8-11-16(21)18(12-13)29(26,27)23-15-9-10-15/h3-8,11-12,15,17,23H,2,9-10H2,1H3,(H,22,24). The quantitative estimate of drug-likeness (QED) is 0.618. The molecule has 0 saturated heterocycles. The molecular formula is C20H21ClN2O5S. The third kappa shape index (κ3) is 5.56. The van der Waals surface area contributed by atoms with Gasteiger partial charge in [-0.05, 0) is 49.6 Å². The lowest BCUT2D eigenvalue weighted by atomic mass is 10.2. The molecule has 1 aliphatic carbocycles. The number of benzene rings is 2. The van der Waals surface area contributed by atoms with E-state index in [-0.39, 0.29) is 27.9 Å². The first-order chi connectivity index (χ1) is 13.8. The Labute approximate surface area is 174 Å². The summed E-state index contributed by atoms with van der Waals surface area (Å²) < 4.78 is 32.7. The number of amides is 1. The molecule has 0 aromatic heterocycles. The predicted molar refractivity (Wildman–Crippen MR) is 109 cm³/mol. The largest absolute Gasteiger partial charge is 0.449 e. The van der Waals surface area contributed by atoms with Gasteiger partial charge < -0.3 is 10.1 Å². The second kappa shape index (κ2) is 8.94. The summed E-state index contributed by atoms with van der Waals surface area (Å²) in [6, 6.07) is 12.5. The van der Waals surface area contributed by atoms with Gasteiger partial charge in [0.25, 0.3) is 5.91 Å². The van der Waals surface area contributed by atoms with Gasteiger partial charge in [-0.1, -0.05) is 36.7 Å². The minimum Gasteiger partial charge on any atom is -0.449 e. The maximum absolute atomic E-state index is 12.5. The topological polar surface area (TPSA) is 102 Å². The van der Waals surface area contributed by atoms with Crippen LogP contribution in [0.5, 0.6) is 0 Å². The smallest absolute Gasteiger partial charge is 0.338 e. The fourth-order valence-corrected chi connectivity index (χ4v) is 4.41. The first-order valence-electron chi connectivity index (χ1n) is 9.19. The van der Waals surface area contributed by atoms with Crippen LogP contribution in [0, 0.1) is 0 Å². The van der Waals surface area contributed by atoms with Crippen LogP contribution in [0.25, 0.3) is 0 Å². The highest BCUT2D eigenvalue weighted by Gasteiger charge is 2.30. The molecule has 154 valence electrons. The number of nitrogens with one attached hydrogen (secondary N) is 2. The van der Waals surface area contributed by atoms with Crippen LogP contribution >= 0.6 is 11.6 Å². The molecule has 1 saturated carbocycles. The summed E-state index contributed by atoms with van der Waals surface area (Å²) in [5.74, 6) is -1.27. The Balaban J connectivity index is 1.73. The molecule has 2 aromatic carbocycles. The van der Waals surface area contributed by atoms with Crippen LogP contribution in [0.3, 0.4) is 0 Å². The number of ether oxygens (including phenoxy) is 1. The van der Waals surface area contributed by atoms with Crippen molar-refractivity contribution >= 4 is 39.2 Å². The Hall–Kier alpha value is -2.42.